The first kappa shape index (κ1) is 19.5. The maximum absolute atomic E-state index is 2.71. The molecule has 2 nitrogen and oxygen atoms in total. The largest absolute Gasteiger partial charge is 0.301 e. The van der Waals surface area contributed by atoms with Crippen LogP contribution in [0, 0.1) is 0 Å². The number of hydrogen-bond acceptors (Lipinski definition) is 2. The SMILES string of the molecule is CC1CCCCN1CCCN1CCCCC1C.Cl.Cl. The van der Waals surface area contributed by atoms with Gasteiger partial charge in [-0.15, -0.1) is 24.8 Å². The molecule has 4 heteroatoms. The molecule has 2 rings (SSSR count). The van der Waals surface area contributed by atoms with Crippen molar-refractivity contribution in [3.8, 4) is 0 Å². The van der Waals surface area contributed by atoms with Gasteiger partial charge in [-0.1, -0.05) is 12.8 Å². The number of likely N-dealkylation sites (tertiary alicyclic amines) is 2. The minimum absolute atomic E-state index is 0. The summed E-state index contributed by atoms with van der Waals surface area (Å²) in [7, 11) is 0. The van der Waals surface area contributed by atoms with Gasteiger partial charge in [-0.25, -0.2) is 0 Å². The topological polar surface area (TPSA) is 6.48 Å². The summed E-state index contributed by atoms with van der Waals surface area (Å²) in [5, 5.41) is 0. The molecule has 116 valence electrons. The fourth-order valence-corrected chi connectivity index (χ4v) is 3.46. The van der Waals surface area contributed by atoms with Gasteiger partial charge in [-0.05, 0) is 72.1 Å². The molecule has 0 bridgehead atoms. The van der Waals surface area contributed by atoms with E-state index in [4.69, 9.17) is 0 Å². The van der Waals surface area contributed by atoms with E-state index in [1.807, 2.05) is 0 Å². The molecule has 0 aromatic heterocycles. The highest BCUT2D eigenvalue weighted by atomic mass is 35.5. The van der Waals surface area contributed by atoms with Crippen LogP contribution in [-0.2, 0) is 0 Å². The van der Waals surface area contributed by atoms with Gasteiger partial charge >= 0.3 is 0 Å². The van der Waals surface area contributed by atoms with Crippen LogP contribution in [0.25, 0.3) is 0 Å². The van der Waals surface area contributed by atoms with E-state index < -0.39 is 0 Å². The van der Waals surface area contributed by atoms with Crippen molar-refractivity contribution in [2.45, 2.75) is 70.9 Å². The van der Waals surface area contributed by atoms with Crippen LogP contribution in [-0.4, -0.2) is 48.1 Å². The molecule has 2 aliphatic rings. The van der Waals surface area contributed by atoms with Crippen LogP contribution in [0.1, 0.15) is 58.8 Å². The summed E-state index contributed by atoms with van der Waals surface area (Å²) in [4.78, 5) is 5.41. The first-order chi connectivity index (χ1) is 8.27. The van der Waals surface area contributed by atoms with E-state index in [-0.39, 0.29) is 24.8 Å². The van der Waals surface area contributed by atoms with Crippen molar-refractivity contribution in [3.63, 3.8) is 0 Å². The molecule has 0 spiro atoms. The normalized spacial score (nSPS) is 29.4. The molecule has 2 atom stereocenters. The zero-order valence-corrected chi connectivity index (χ0v) is 14.3. The first-order valence-electron chi connectivity index (χ1n) is 7.75. The lowest BCUT2D eigenvalue weighted by Crippen LogP contribution is -2.41. The molecule has 2 heterocycles. The fourth-order valence-electron chi connectivity index (χ4n) is 3.46. The van der Waals surface area contributed by atoms with Crippen molar-refractivity contribution in [3.05, 3.63) is 0 Å². The van der Waals surface area contributed by atoms with Crippen LogP contribution in [0.3, 0.4) is 0 Å². The molecule has 0 saturated carbocycles. The number of rotatable bonds is 4. The number of nitrogens with zero attached hydrogens (tertiary/aromatic N) is 2. The predicted molar refractivity (Wildman–Crippen MR) is 88.9 cm³/mol. The van der Waals surface area contributed by atoms with Gasteiger partial charge in [0.05, 0.1) is 0 Å². The Morgan fingerprint density at radius 1 is 0.737 bits per heavy atom. The van der Waals surface area contributed by atoms with E-state index in [9.17, 15) is 0 Å². The van der Waals surface area contributed by atoms with Crippen LogP contribution >= 0.6 is 24.8 Å². The minimum atomic E-state index is 0. The average molecular weight is 311 g/mol. The maximum atomic E-state index is 2.71. The van der Waals surface area contributed by atoms with Gasteiger partial charge in [-0.3, -0.25) is 0 Å². The summed E-state index contributed by atoms with van der Waals surface area (Å²) in [6, 6.07) is 1.67. The lowest BCUT2D eigenvalue weighted by atomic mass is 10.0. The summed E-state index contributed by atoms with van der Waals surface area (Å²) in [6.45, 7) is 10.1. The molecule has 0 aromatic carbocycles. The smallest absolute Gasteiger partial charge is 0.00669 e. The second-order valence-electron chi connectivity index (χ2n) is 6.12. The zero-order chi connectivity index (χ0) is 12.1. The molecular formula is C15H32Cl2N2. The van der Waals surface area contributed by atoms with Crippen LogP contribution in [0.5, 0.6) is 0 Å². The second-order valence-corrected chi connectivity index (χ2v) is 6.12. The molecule has 0 aromatic rings. The van der Waals surface area contributed by atoms with Gasteiger partial charge in [0.2, 0.25) is 0 Å². The van der Waals surface area contributed by atoms with Gasteiger partial charge in [-0.2, -0.15) is 0 Å². The van der Waals surface area contributed by atoms with Crippen molar-refractivity contribution in [2.75, 3.05) is 26.2 Å². The predicted octanol–water partition coefficient (Wildman–Crippen LogP) is 3.97. The highest BCUT2D eigenvalue weighted by Gasteiger charge is 2.20. The Morgan fingerprint density at radius 2 is 1.16 bits per heavy atom. The summed E-state index contributed by atoms with van der Waals surface area (Å²) < 4.78 is 0. The third-order valence-corrected chi connectivity index (χ3v) is 4.77. The summed E-state index contributed by atoms with van der Waals surface area (Å²) in [6.07, 6.45) is 9.94. The molecule has 0 amide bonds. The molecule has 0 aliphatic carbocycles. The third kappa shape index (κ3) is 6.20. The number of halogens is 2. The standard InChI is InChI=1S/C15H30N2.2ClH/c1-14-8-3-5-10-16(14)12-7-13-17-11-6-4-9-15(17)2;;/h14-15H,3-13H2,1-2H3;2*1H. The summed E-state index contributed by atoms with van der Waals surface area (Å²) in [5.41, 5.74) is 0. The quantitative estimate of drug-likeness (QED) is 0.775. The molecule has 0 N–H and O–H groups in total. The third-order valence-electron chi connectivity index (χ3n) is 4.77. The van der Waals surface area contributed by atoms with Crippen molar-refractivity contribution in [2.24, 2.45) is 0 Å². The van der Waals surface area contributed by atoms with Crippen molar-refractivity contribution in [1.29, 1.82) is 0 Å². The lowest BCUT2D eigenvalue weighted by Gasteiger charge is -2.36. The molecule has 19 heavy (non-hydrogen) atoms. The van der Waals surface area contributed by atoms with E-state index in [0.717, 1.165) is 12.1 Å². The van der Waals surface area contributed by atoms with Crippen LogP contribution in [0.15, 0.2) is 0 Å². The number of hydrogen-bond donors (Lipinski definition) is 0. The van der Waals surface area contributed by atoms with Gasteiger partial charge < -0.3 is 9.80 Å². The highest BCUT2D eigenvalue weighted by Crippen LogP contribution is 2.18. The Bertz CT molecular complexity index is 204. The van der Waals surface area contributed by atoms with Gasteiger partial charge in [0.1, 0.15) is 0 Å². The molecular weight excluding hydrogens is 279 g/mol. The minimum Gasteiger partial charge on any atom is -0.301 e. The van der Waals surface area contributed by atoms with E-state index in [0.29, 0.717) is 0 Å². The van der Waals surface area contributed by atoms with Crippen molar-refractivity contribution >= 4 is 24.8 Å². The molecule has 0 radical (unpaired) electrons. The van der Waals surface area contributed by atoms with Gasteiger partial charge in [0, 0.05) is 12.1 Å². The Balaban J connectivity index is 0.00000162. The van der Waals surface area contributed by atoms with Crippen LogP contribution < -0.4 is 0 Å². The van der Waals surface area contributed by atoms with Crippen LogP contribution in [0.4, 0.5) is 0 Å². The maximum Gasteiger partial charge on any atom is 0.00669 e. The van der Waals surface area contributed by atoms with Crippen molar-refractivity contribution < 1.29 is 0 Å². The van der Waals surface area contributed by atoms with Crippen LogP contribution in [0.2, 0.25) is 0 Å². The zero-order valence-electron chi connectivity index (χ0n) is 12.6. The Labute approximate surface area is 132 Å². The Kier molecular flexibility index (Phi) is 10.5. The van der Waals surface area contributed by atoms with E-state index in [1.165, 1.54) is 71.1 Å². The average Bonchev–Trinajstić information content (AvgIpc) is 2.34. The van der Waals surface area contributed by atoms with E-state index >= 15 is 0 Å². The first-order valence-corrected chi connectivity index (χ1v) is 7.75. The monoisotopic (exact) mass is 310 g/mol. The summed E-state index contributed by atoms with van der Waals surface area (Å²) >= 11 is 0. The highest BCUT2D eigenvalue weighted by molar-refractivity contribution is 5.85. The van der Waals surface area contributed by atoms with E-state index in [2.05, 4.69) is 23.6 Å². The summed E-state index contributed by atoms with van der Waals surface area (Å²) in [5.74, 6) is 0. The van der Waals surface area contributed by atoms with Gasteiger partial charge in [0.25, 0.3) is 0 Å². The molecule has 2 fully saturated rings. The fraction of sp³-hybridized carbons (Fsp3) is 1.00. The second kappa shape index (κ2) is 10.3. The lowest BCUT2D eigenvalue weighted by molar-refractivity contribution is 0.126. The Morgan fingerprint density at radius 3 is 1.53 bits per heavy atom. The van der Waals surface area contributed by atoms with Crippen molar-refractivity contribution in [1.82, 2.24) is 9.80 Å². The Hall–Kier alpha value is 0.500. The van der Waals surface area contributed by atoms with E-state index in [1.54, 1.807) is 0 Å². The number of piperidine rings is 2. The molecule has 2 unspecified atom stereocenters. The molecule has 2 saturated heterocycles. The molecule has 2 aliphatic heterocycles. The van der Waals surface area contributed by atoms with Gasteiger partial charge in [0.15, 0.2) is 0 Å².